The van der Waals surface area contributed by atoms with Crippen molar-refractivity contribution in [3.8, 4) is 0 Å². The standard InChI is InChI=1S/C14H23N3S/c1-3-4-5-6-7-11(2)17-12-8-9-13(14(15)18)16-10-12/h8-11,17H,3-7H2,1-2H3,(H2,15,18). The molecule has 1 unspecified atom stereocenters. The molecule has 0 radical (unpaired) electrons. The zero-order valence-corrected chi connectivity index (χ0v) is 12.1. The summed E-state index contributed by atoms with van der Waals surface area (Å²) in [6.07, 6.45) is 8.19. The third-order valence-electron chi connectivity index (χ3n) is 2.92. The molecule has 0 aliphatic carbocycles. The Hall–Kier alpha value is -1.16. The molecule has 1 atom stereocenters. The van der Waals surface area contributed by atoms with Crippen LogP contribution in [0.3, 0.4) is 0 Å². The van der Waals surface area contributed by atoms with Crippen LogP contribution in [-0.2, 0) is 0 Å². The number of nitrogens with one attached hydrogen (secondary N) is 1. The average molecular weight is 265 g/mol. The second kappa shape index (κ2) is 8.03. The van der Waals surface area contributed by atoms with Gasteiger partial charge in [-0.1, -0.05) is 44.8 Å². The second-order valence-corrected chi connectivity index (χ2v) is 5.13. The Kier molecular flexibility index (Phi) is 6.65. The van der Waals surface area contributed by atoms with Crippen LogP contribution in [0.2, 0.25) is 0 Å². The van der Waals surface area contributed by atoms with Gasteiger partial charge < -0.3 is 11.1 Å². The van der Waals surface area contributed by atoms with Crippen LogP contribution in [0, 0.1) is 0 Å². The monoisotopic (exact) mass is 265 g/mol. The smallest absolute Gasteiger partial charge is 0.122 e. The van der Waals surface area contributed by atoms with Gasteiger partial charge in [-0.05, 0) is 25.5 Å². The van der Waals surface area contributed by atoms with Gasteiger partial charge in [-0.25, -0.2) is 0 Å². The largest absolute Gasteiger partial charge is 0.388 e. The molecule has 1 rings (SSSR count). The third kappa shape index (κ3) is 5.45. The van der Waals surface area contributed by atoms with Crippen molar-refractivity contribution in [2.45, 2.75) is 52.0 Å². The van der Waals surface area contributed by atoms with Gasteiger partial charge in [-0.3, -0.25) is 4.98 Å². The highest BCUT2D eigenvalue weighted by molar-refractivity contribution is 7.80. The van der Waals surface area contributed by atoms with E-state index in [1.165, 1.54) is 32.1 Å². The number of rotatable bonds is 8. The second-order valence-electron chi connectivity index (χ2n) is 4.69. The fourth-order valence-corrected chi connectivity index (χ4v) is 1.98. The molecule has 0 saturated heterocycles. The zero-order valence-electron chi connectivity index (χ0n) is 11.3. The lowest BCUT2D eigenvalue weighted by molar-refractivity contribution is 0.594. The molecule has 1 aromatic rings. The molecule has 0 saturated carbocycles. The first-order valence-corrected chi connectivity index (χ1v) is 7.06. The predicted molar refractivity (Wildman–Crippen MR) is 82.0 cm³/mol. The molecule has 0 fully saturated rings. The maximum atomic E-state index is 5.51. The molecule has 18 heavy (non-hydrogen) atoms. The molecule has 3 nitrogen and oxygen atoms in total. The summed E-state index contributed by atoms with van der Waals surface area (Å²) in [7, 11) is 0. The van der Waals surface area contributed by atoms with Crippen molar-refractivity contribution in [1.82, 2.24) is 4.98 Å². The molecule has 0 aliphatic rings. The van der Waals surface area contributed by atoms with Gasteiger partial charge in [0, 0.05) is 6.04 Å². The molecule has 0 spiro atoms. The molecule has 0 amide bonds. The number of thiocarbonyl (C=S) groups is 1. The molecule has 0 aromatic carbocycles. The highest BCUT2D eigenvalue weighted by Gasteiger charge is 2.03. The number of nitrogens with zero attached hydrogens (tertiary/aromatic N) is 1. The Balaban J connectivity index is 2.35. The van der Waals surface area contributed by atoms with Crippen molar-refractivity contribution in [2.24, 2.45) is 5.73 Å². The van der Waals surface area contributed by atoms with Crippen LogP contribution in [0.1, 0.15) is 51.6 Å². The van der Waals surface area contributed by atoms with Crippen LogP contribution in [0.25, 0.3) is 0 Å². The quantitative estimate of drug-likeness (QED) is 0.558. The van der Waals surface area contributed by atoms with E-state index in [0.717, 1.165) is 5.69 Å². The Labute approximate surface area is 115 Å². The first-order chi connectivity index (χ1) is 8.63. The lowest BCUT2D eigenvalue weighted by Crippen LogP contribution is -2.16. The fourth-order valence-electron chi connectivity index (χ4n) is 1.86. The number of hydrogen-bond donors (Lipinski definition) is 2. The molecule has 3 N–H and O–H groups in total. The zero-order chi connectivity index (χ0) is 13.4. The van der Waals surface area contributed by atoms with E-state index in [9.17, 15) is 0 Å². The summed E-state index contributed by atoms with van der Waals surface area (Å²) < 4.78 is 0. The Morgan fingerprint density at radius 1 is 1.39 bits per heavy atom. The number of aromatic nitrogens is 1. The number of nitrogens with two attached hydrogens (primary N) is 1. The molecule has 1 aromatic heterocycles. The summed E-state index contributed by atoms with van der Waals surface area (Å²) in [5.74, 6) is 0. The van der Waals surface area contributed by atoms with Gasteiger partial charge in [-0.15, -0.1) is 0 Å². The van der Waals surface area contributed by atoms with Gasteiger partial charge in [0.25, 0.3) is 0 Å². The topological polar surface area (TPSA) is 50.9 Å². The van der Waals surface area contributed by atoms with Gasteiger partial charge in [0.2, 0.25) is 0 Å². The van der Waals surface area contributed by atoms with Gasteiger partial charge in [0.1, 0.15) is 4.99 Å². The Morgan fingerprint density at radius 2 is 2.17 bits per heavy atom. The van der Waals surface area contributed by atoms with Gasteiger partial charge in [0.05, 0.1) is 17.6 Å². The summed E-state index contributed by atoms with van der Waals surface area (Å²) >= 11 is 4.87. The van der Waals surface area contributed by atoms with E-state index in [2.05, 4.69) is 24.1 Å². The predicted octanol–water partition coefficient (Wildman–Crippen LogP) is 3.49. The van der Waals surface area contributed by atoms with E-state index in [0.29, 0.717) is 16.7 Å². The summed E-state index contributed by atoms with van der Waals surface area (Å²) in [4.78, 5) is 4.55. The molecule has 1 heterocycles. The minimum atomic E-state index is 0.342. The SMILES string of the molecule is CCCCCCC(C)Nc1ccc(C(N)=S)nc1. The summed E-state index contributed by atoms with van der Waals surface area (Å²) in [6.45, 7) is 4.43. The van der Waals surface area contributed by atoms with Gasteiger partial charge >= 0.3 is 0 Å². The van der Waals surface area contributed by atoms with Crippen LogP contribution in [0.15, 0.2) is 18.3 Å². The van der Waals surface area contributed by atoms with Crippen LogP contribution < -0.4 is 11.1 Å². The van der Waals surface area contributed by atoms with Crippen LogP contribution in [0.5, 0.6) is 0 Å². The average Bonchev–Trinajstić information content (AvgIpc) is 2.35. The number of hydrogen-bond acceptors (Lipinski definition) is 3. The van der Waals surface area contributed by atoms with Crippen LogP contribution in [0.4, 0.5) is 5.69 Å². The van der Waals surface area contributed by atoms with Crippen molar-refractivity contribution >= 4 is 22.9 Å². The number of pyridine rings is 1. The summed E-state index contributed by atoms with van der Waals surface area (Å²) in [6, 6.07) is 4.30. The van der Waals surface area contributed by atoms with Gasteiger partial charge in [0.15, 0.2) is 0 Å². The minimum absolute atomic E-state index is 0.342. The summed E-state index contributed by atoms with van der Waals surface area (Å²) in [5, 5.41) is 3.44. The highest BCUT2D eigenvalue weighted by Crippen LogP contribution is 2.12. The van der Waals surface area contributed by atoms with E-state index in [4.69, 9.17) is 18.0 Å². The molecule has 0 bridgehead atoms. The molecule has 100 valence electrons. The molecular weight excluding hydrogens is 242 g/mol. The Bertz CT molecular complexity index is 362. The maximum absolute atomic E-state index is 5.51. The van der Waals surface area contributed by atoms with Crippen LogP contribution >= 0.6 is 12.2 Å². The number of unbranched alkanes of at least 4 members (excludes halogenated alkanes) is 3. The minimum Gasteiger partial charge on any atom is -0.388 e. The van der Waals surface area contributed by atoms with Crippen LogP contribution in [-0.4, -0.2) is 16.0 Å². The van der Waals surface area contributed by atoms with Crippen molar-refractivity contribution in [1.29, 1.82) is 0 Å². The lowest BCUT2D eigenvalue weighted by Gasteiger charge is -2.15. The summed E-state index contributed by atoms with van der Waals surface area (Å²) in [5.41, 5.74) is 7.21. The number of anilines is 1. The third-order valence-corrected chi connectivity index (χ3v) is 3.13. The van der Waals surface area contributed by atoms with Gasteiger partial charge in [-0.2, -0.15) is 0 Å². The van der Waals surface area contributed by atoms with Crippen molar-refractivity contribution in [2.75, 3.05) is 5.32 Å². The lowest BCUT2D eigenvalue weighted by atomic mass is 10.1. The van der Waals surface area contributed by atoms with Crippen molar-refractivity contribution < 1.29 is 0 Å². The van der Waals surface area contributed by atoms with E-state index < -0.39 is 0 Å². The molecule has 4 heteroatoms. The normalized spacial score (nSPS) is 12.1. The van der Waals surface area contributed by atoms with E-state index in [-0.39, 0.29) is 0 Å². The molecule has 0 aliphatic heterocycles. The Morgan fingerprint density at radius 3 is 2.72 bits per heavy atom. The first kappa shape index (κ1) is 14.9. The maximum Gasteiger partial charge on any atom is 0.122 e. The first-order valence-electron chi connectivity index (χ1n) is 6.66. The fraction of sp³-hybridized carbons (Fsp3) is 0.571. The van der Waals surface area contributed by atoms with E-state index in [1.54, 1.807) is 6.20 Å². The molecular formula is C14H23N3S. The highest BCUT2D eigenvalue weighted by atomic mass is 32.1. The van der Waals surface area contributed by atoms with E-state index >= 15 is 0 Å². The van der Waals surface area contributed by atoms with Crippen molar-refractivity contribution in [3.05, 3.63) is 24.0 Å². The van der Waals surface area contributed by atoms with E-state index in [1.807, 2.05) is 12.1 Å². The van der Waals surface area contributed by atoms with Crippen molar-refractivity contribution in [3.63, 3.8) is 0 Å².